The Labute approximate surface area is 119 Å². The van der Waals surface area contributed by atoms with E-state index in [0.717, 1.165) is 24.1 Å². The van der Waals surface area contributed by atoms with E-state index in [2.05, 4.69) is 36.3 Å². The van der Waals surface area contributed by atoms with Gasteiger partial charge in [-0.05, 0) is 25.3 Å². The number of aryl methyl sites for hydroxylation is 1. The van der Waals surface area contributed by atoms with Crippen molar-refractivity contribution in [3.8, 4) is 0 Å². The fraction of sp³-hybridized carbons (Fsp3) is 0.412. The summed E-state index contributed by atoms with van der Waals surface area (Å²) in [5.74, 6) is 0.481. The summed E-state index contributed by atoms with van der Waals surface area (Å²) in [6, 6.07) is 8.45. The second-order valence-corrected chi connectivity index (χ2v) is 5.75. The molecule has 0 bridgehead atoms. The first kappa shape index (κ1) is 13.1. The van der Waals surface area contributed by atoms with Gasteiger partial charge in [-0.2, -0.15) is 5.10 Å². The fourth-order valence-electron chi connectivity index (χ4n) is 3.02. The van der Waals surface area contributed by atoms with E-state index in [1.807, 2.05) is 10.9 Å². The van der Waals surface area contributed by atoms with Gasteiger partial charge < -0.3 is 0 Å². The molecule has 0 N–H and O–H groups in total. The van der Waals surface area contributed by atoms with Crippen LogP contribution in [0.3, 0.4) is 0 Å². The normalized spacial score (nSPS) is 15.7. The average molecular weight is 268 g/mol. The molecule has 0 aliphatic heterocycles. The van der Waals surface area contributed by atoms with Crippen molar-refractivity contribution in [2.24, 2.45) is 0 Å². The van der Waals surface area contributed by atoms with E-state index in [-0.39, 0.29) is 0 Å². The van der Waals surface area contributed by atoms with Crippen LogP contribution in [0.2, 0.25) is 0 Å². The molecule has 0 amide bonds. The molecule has 0 radical (unpaired) electrons. The van der Waals surface area contributed by atoms with Crippen molar-refractivity contribution in [1.82, 2.24) is 9.78 Å². The Morgan fingerprint density at radius 3 is 2.60 bits per heavy atom. The average Bonchev–Trinajstić information content (AvgIpc) is 3.10. The lowest BCUT2D eigenvalue weighted by molar-refractivity contribution is 0.112. The van der Waals surface area contributed by atoms with E-state index in [1.165, 1.54) is 36.8 Å². The van der Waals surface area contributed by atoms with Gasteiger partial charge in [0.15, 0.2) is 6.29 Å². The van der Waals surface area contributed by atoms with Crippen molar-refractivity contribution in [1.29, 1.82) is 0 Å². The first-order valence-electron chi connectivity index (χ1n) is 7.34. The number of carbonyl (C=O) groups excluding carboxylic acids is 1. The minimum atomic E-state index is 0.481. The Kier molecular flexibility index (Phi) is 3.68. The third-order valence-electron chi connectivity index (χ3n) is 4.15. The summed E-state index contributed by atoms with van der Waals surface area (Å²) in [6.07, 6.45) is 7.69. The van der Waals surface area contributed by atoms with Crippen molar-refractivity contribution in [2.75, 3.05) is 0 Å². The lowest BCUT2D eigenvalue weighted by Crippen LogP contribution is -2.02. The van der Waals surface area contributed by atoms with Gasteiger partial charge in [-0.15, -0.1) is 0 Å². The zero-order valence-corrected chi connectivity index (χ0v) is 11.9. The maximum Gasteiger partial charge on any atom is 0.153 e. The van der Waals surface area contributed by atoms with Gasteiger partial charge >= 0.3 is 0 Å². The summed E-state index contributed by atoms with van der Waals surface area (Å²) in [7, 11) is 0. The van der Waals surface area contributed by atoms with Crippen LogP contribution in [-0.4, -0.2) is 16.1 Å². The lowest BCUT2D eigenvalue weighted by Gasteiger charge is -2.06. The number of benzene rings is 1. The molecule has 1 aliphatic rings. The fourth-order valence-corrected chi connectivity index (χ4v) is 3.02. The third-order valence-corrected chi connectivity index (χ3v) is 4.15. The Morgan fingerprint density at radius 1 is 1.25 bits per heavy atom. The molecule has 0 spiro atoms. The topological polar surface area (TPSA) is 34.9 Å². The SMILES string of the molecule is Cc1ccc(Cn2cc(C=O)c(C3CCCC3)n2)cc1. The second-order valence-electron chi connectivity index (χ2n) is 5.75. The zero-order chi connectivity index (χ0) is 13.9. The van der Waals surface area contributed by atoms with Crippen LogP contribution >= 0.6 is 0 Å². The monoisotopic (exact) mass is 268 g/mol. The molecule has 3 nitrogen and oxygen atoms in total. The van der Waals surface area contributed by atoms with Crippen LogP contribution in [0, 0.1) is 6.92 Å². The van der Waals surface area contributed by atoms with E-state index in [4.69, 9.17) is 0 Å². The number of aldehydes is 1. The van der Waals surface area contributed by atoms with Crippen molar-refractivity contribution in [2.45, 2.75) is 45.1 Å². The molecular formula is C17H20N2O. The highest BCUT2D eigenvalue weighted by molar-refractivity contribution is 5.76. The Balaban J connectivity index is 1.83. The van der Waals surface area contributed by atoms with Crippen molar-refractivity contribution in [3.63, 3.8) is 0 Å². The molecule has 3 rings (SSSR count). The molecule has 1 aliphatic carbocycles. The smallest absolute Gasteiger partial charge is 0.153 e. The Hall–Kier alpha value is -1.90. The summed E-state index contributed by atoms with van der Waals surface area (Å²) in [5.41, 5.74) is 4.25. The predicted molar refractivity (Wildman–Crippen MR) is 79.1 cm³/mol. The van der Waals surface area contributed by atoms with Gasteiger partial charge in [-0.25, -0.2) is 0 Å². The minimum Gasteiger partial charge on any atom is -0.298 e. The maximum absolute atomic E-state index is 11.2. The van der Waals surface area contributed by atoms with Crippen LogP contribution < -0.4 is 0 Å². The van der Waals surface area contributed by atoms with Crippen LogP contribution in [0.5, 0.6) is 0 Å². The van der Waals surface area contributed by atoms with Crippen LogP contribution in [-0.2, 0) is 6.54 Å². The summed E-state index contributed by atoms with van der Waals surface area (Å²) < 4.78 is 1.90. The van der Waals surface area contributed by atoms with E-state index in [9.17, 15) is 4.79 Å². The molecule has 0 unspecified atom stereocenters. The number of hydrogen-bond donors (Lipinski definition) is 0. The zero-order valence-electron chi connectivity index (χ0n) is 11.9. The molecule has 3 heteroatoms. The van der Waals surface area contributed by atoms with E-state index >= 15 is 0 Å². The highest BCUT2D eigenvalue weighted by atomic mass is 16.1. The quantitative estimate of drug-likeness (QED) is 0.792. The molecule has 1 heterocycles. The number of aromatic nitrogens is 2. The molecule has 0 atom stereocenters. The summed E-state index contributed by atoms with van der Waals surface area (Å²) in [6.45, 7) is 2.81. The van der Waals surface area contributed by atoms with Crippen molar-refractivity contribution < 1.29 is 4.79 Å². The Morgan fingerprint density at radius 2 is 1.95 bits per heavy atom. The number of carbonyl (C=O) groups is 1. The van der Waals surface area contributed by atoms with Gasteiger partial charge in [-0.1, -0.05) is 42.7 Å². The minimum absolute atomic E-state index is 0.481. The molecule has 0 saturated heterocycles. The first-order chi connectivity index (χ1) is 9.76. The van der Waals surface area contributed by atoms with E-state index < -0.39 is 0 Å². The number of rotatable bonds is 4. The summed E-state index contributed by atoms with van der Waals surface area (Å²) in [4.78, 5) is 11.2. The molecule has 1 aromatic heterocycles. The standard InChI is InChI=1S/C17H20N2O/c1-13-6-8-14(9-7-13)10-19-11-16(12-20)17(18-19)15-4-2-3-5-15/h6-9,11-12,15H,2-5,10H2,1H3. The van der Waals surface area contributed by atoms with E-state index in [0.29, 0.717) is 5.92 Å². The summed E-state index contributed by atoms with van der Waals surface area (Å²) in [5, 5.41) is 4.67. The summed E-state index contributed by atoms with van der Waals surface area (Å²) >= 11 is 0. The van der Waals surface area contributed by atoms with Gasteiger partial charge in [0.05, 0.1) is 17.8 Å². The number of hydrogen-bond acceptors (Lipinski definition) is 2. The van der Waals surface area contributed by atoms with Crippen LogP contribution in [0.4, 0.5) is 0 Å². The van der Waals surface area contributed by atoms with Gasteiger partial charge in [0.25, 0.3) is 0 Å². The molecule has 2 aromatic rings. The predicted octanol–water partition coefficient (Wildman–Crippen LogP) is 3.71. The molecule has 104 valence electrons. The van der Waals surface area contributed by atoms with Crippen molar-refractivity contribution in [3.05, 3.63) is 52.8 Å². The molecule has 1 saturated carbocycles. The highest BCUT2D eigenvalue weighted by Gasteiger charge is 2.23. The highest BCUT2D eigenvalue weighted by Crippen LogP contribution is 2.34. The number of nitrogens with zero attached hydrogens (tertiary/aromatic N) is 2. The molecular weight excluding hydrogens is 248 g/mol. The lowest BCUT2D eigenvalue weighted by atomic mass is 10.0. The van der Waals surface area contributed by atoms with Crippen molar-refractivity contribution >= 4 is 6.29 Å². The van der Waals surface area contributed by atoms with Gasteiger partial charge in [0, 0.05) is 12.1 Å². The van der Waals surface area contributed by atoms with Gasteiger partial charge in [-0.3, -0.25) is 9.48 Å². The first-order valence-corrected chi connectivity index (χ1v) is 7.34. The van der Waals surface area contributed by atoms with Crippen LogP contribution in [0.1, 0.15) is 58.8 Å². The Bertz CT molecular complexity index is 592. The van der Waals surface area contributed by atoms with Crippen LogP contribution in [0.15, 0.2) is 30.5 Å². The second kappa shape index (κ2) is 5.61. The maximum atomic E-state index is 11.2. The van der Waals surface area contributed by atoms with Gasteiger partial charge in [0.1, 0.15) is 0 Å². The van der Waals surface area contributed by atoms with Crippen LogP contribution in [0.25, 0.3) is 0 Å². The van der Waals surface area contributed by atoms with E-state index in [1.54, 1.807) is 0 Å². The van der Waals surface area contributed by atoms with Gasteiger partial charge in [0.2, 0.25) is 0 Å². The molecule has 20 heavy (non-hydrogen) atoms. The molecule has 1 fully saturated rings. The largest absolute Gasteiger partial charge is 0.298 e. The third kappa shape index (κ3) is 2.67. The molecule has 1 aromatic carbocycles.